The first kappa shape index (κ1) is 30.4. The number of hydrogen-bond acceptors (Lipinski definition) is 4. The predicted octanol–water partition coefficient (Wildman–Crippen LogP) is 7.75. The second kappa shape index (κ2) is 25.6. The van der Waals surface area contributed by atoms with Crippen LogP contribution in [0.2, 0.25) is 0 Å². The number of carbonyl (C=O) groups is 1. The molecule has 0 aliphatic carbocycles. The summed E-state index contributed by atoms with van der Waals surface area (Å²) in [4.78, 5) is 11.8. The second-order valence-electron chi connectivity index (χ2n) is 9.13. The molecule has 0 heterocycles. The molecule has 0 bridgehead atoms. The van der Waals surface area contributed by atoms with Crippen LogP contribution >= 0.6 is 0 Å². The summed E-state index contributed by atoms with van der Waals surface area (Å²) in [6.07, 6.45) is 24.4. The van der Waals surface area contributed by atoms with E-state index in [4.69, 9.17) is 9.47 Å². The van der Waals surface area contributed by atoms with Crippen molar-refractivity contribution >= 4 is 5.97 Å². The van der Waals surface area contributed by atoms with Gasteiger partial charge in [-0.05, 0) is 12.8 Å². The van der Waals surface area contributed by atoms with E-state index in [1.165, 1.54) is 89.9 Å². The van der Waals surface area contributed by atoms with Gasteiger partial charge in [0.1, 0.15) is 6.10 Å². The fourth-order valence-corrected chi connectivity index (χ4v) is 3.86. The molecule has 0 aromatic carbocycles. The number of hydrogen-bond donors (Lipinski definition) is 1. The maximum atomic E-state index is 11.8. The zero-order chi connectivity index (χ0) is 22.8. The molecule has 1 N–H and O–H groups in total. The van der Waals surface area contributed by atoms with E-state index < -0.39 is 6.10 Å². The molecule has 31 heavy (non-hydrogen) atoms. The van der Waals surface area contributed by atoms with Crippen molar-refractivity contribution in [3.8, 4) is 0 Å². The second-order valence-corrected chi connectivity index (χ2v) is 9.13. The first-order valence-electron chi connectivity index (χ1n) is 13.6. The number of aliphatic hydroxyl groups is 1. The van der Waals surface area contributed by atoms with Gasteiger partial charge in [-0.3, -0.25) is 4.79 Å². The van der Waals surface area contributed by atoms with Crippen molar-refractivity contribution in [3.05, 3.63) is 0 Å². The lowest BCUT2D eigenvalue weighted by Gasteiger charge is -2.15. The molecular weight excluding hydrogens is 388 g/mol. The molecule has 0 fully saturated rings. The lowest BCUT2D eigenvalue weighted by molar-refractivity contribution is -0.154. The van der Waals surface area contributed by atoms with E-state index in [0.29, 0.717) is 19.6 Å². The van der Waals surface area contributed by atoms with Crippen LogP contribution in [0.15, 0.2) is 0 Å². The average molecular weight is 443 g/mol. The van der Waals surface area contributed by atoms with E-state index in [1.807, 2.05) is 0 Å². The van der Waals surface area contributed by atoms with Crippen LogP contribution in [0.3, 0.4) is 0 Å². The normalized spacial score (nSPS) is 12.2. The van der Waals surface area contributed by atoms with Gasteiger partial charge in [-0.15, -0.1) is 0 Å². The van der Waals surface area contributed by atoms with Gasteiger partial charge in [0.2, 0.25) is 0 Å². The highest BCUT2D eigenvalue weighted by Crippen LogP contribution is 2.13. The molecule has 1 unspecified atom stereocenters. The van der Waals surface area contributed by atoms with Gasteiger partial charge in [0.15, 0.2) is 0 Å². The summed E-state index contributed by atoms with van der Waals surface area (Å²) >= 11 is 0. The molecular formula is C27H54O4. The number of esters is 1. The SMILES string of the molecule is CCCCCCCCCCCCCCCCCOCC(CO)OC(=O)CCCCCC. The van der Waals surface area contributed by atoms with Crippen LogP contribution < -0.4 is 0 Å². The van der Waals surface area contributed by atoms with Gasteiger partial charge in [-0.1, -0.05) is 123 Å². The van der Waals surface area contributed by atoms with Gasteiger partial charge in [0.05, 0.1) is 13.2 Å². The Kier molecular flexibility index (Phi) is 25.1. The van der Waals surface area contributed by atoms with Crippen molar-refractivity contribution in [2.24, 2.45) is 0 Å². The van der Waals surface area contributed by atoms with Gasteiger partial charge in [-0.25, -0.2) is 0 Å². The van der Waals surface area contributed by atoms with Crippen LogP contribution in [0.4, 0.5) is 0 Å². The standard InChI is InChI=1S/C27H54O4/c1-3-5-7-9-10-11-12-13-14-15-16-17-18-19-21-23-30-25-26(24-28)31-27(29)22-20-8-6-4-2/h26,28H,3-25H2,1-2H3. The Bertz CT molecular complexity index is 359. The summed E-state index contributed by atoms with van der Waals surface area (Å²) < 4.78 is 10.9. The molecule has 0 spiro atoms. The Labute approximate surface area is 193 Å². The molecule has 186 valence electrons. The minimum Gasteiger partial charge on any atom is -0.457 e. The average Bonchev–Trinajstić information content (AvgIpc) is 2.78. The monoisotopic (exact) mass is 442 g/mol. The molecule has 4 nitrogen and oxygen atoms in total. The maximum Gasteiger partial charge on any atom is 0.306 e. The van der Waals surface area contributed by atoms with Gasteiger partial charge < -0.3 is 14.6 Å². The molecule has 0 saturated carbocycles. The van der Waals surface area contributed by atoms with Crippen molar-refractivity contribution in [2.75, 3.05) is 19.8 Å². The van der Waals surface area contributed by atoms with Crippen LogP contribution in [-0.2, 0) is 14.3 Å². The Morgan fingerprint density at radius 1 is 0.645 bits per heavy atom. The Hall–Kier alpha value is -0.610. The highest BCUT2D eigenvalue weighted by atomic mass is 16.6. The van der Waals surface area contributed by atoms with E-state index in [-0.39, 0.29) is 12.6 Å². The zero-order valence-corrected chi connectivity index (χ0v) is 21.0. The number of carbonyl (C=O) groups excluding carboxylic acids is 1. The molecule has 0 saturated heterocycles. The lowest BCUT2D eigenvalue weighted by atomic mass is 10.0. The third kappa shape index (κ3) is 23.9. The van der Waals surface area contributed by atoms with Crippen molar-refractivity contribution in [3.63, 3.8) is 0 Å². The van der Waals surface area contributed by atoms with E-state index in [1.54, 1.807) is 0 Å². The summed E-state index contributed by atoms with van der Waals surface area (Å²) in [7, 11) is 0. The van der Waals surface area contributed by atoms with Gasteiger partial charge in [0.25, 0.3) is 0 Å². The van der Waals surface area contributed by atoms with Gasteiger partial charge in [-0.2, -0.15) is 0 Å². The van der Waals surface area contributed by atoms with E-state index in [9.17, 15) is 9.90 Å². The summed E-state index contributed by atoms with van der Waals surface area (Å²) in [6, 6.07) is 0. The third-order valence-corrected chi connectivity index (χ3v) is 5.93. The molecule has 0 aromatic heterocycles. The predicted molar refractivity (Wildman–Crippen MR) is 131 cm³/mol. The summed E-state index contributed by atoms with van der Waals surface area (Å²) in [5, 5.41) is 9.36. The highest BCUT2D eigenvalue weighted by molar-refractivity contribution is 5.69. The van der Waals surface area contributed by atoms with Crippen LogP contribution in [-0.4, -0.2) is 37.0 Å². The third-order valence-electron chi connectivity index (χ3n) is 5.93. The number of rotatable bonds is 25. The van der Waals surface area contributed by atoms with E-state index in [2.05, 4.69) is 13.8 Å². The molecule has 0 radical (unpaired) electrons. The molecule has 0 aliphatic rings. The molecule has 0 aliphatic heterocycles. The fourth-order valence-electron chi connectivity index (χ4n) is 3.86. The molecule has 1 atom stereocenters. The Morgan fingerprint density at radius 2 is 1.06 bits per heavy atom. The summed E-state index contributed by atoms with van der Waals surface area (Å²) in [5.74, 6) is -0.217. The molecule has 4 heteroatoms. The largest absolute Gasteiger partial charge is 0.457 e. The van der Waals surface area contributed by atoms with Crippen molar-refractivity contribution < 1.29 is 19.4 Å². The number of ether oxygens (including phenoxy) is 2. The molecule has 0 rings (SSSR count). The van der Waals surface area contributed by atoms with Crippen molar-refractivity contribution in [1.29, 1.82) is 0 Å². The highest BCUT2D eigenvalue weighted by Gasteiger charge is 2.13. The minimum atomic E-state index is -0.519. The number of aliphatic hydroxyl groups excluding tert-OH is 1. The first-order valence-corrected chi connectivity index (χ1v) is 13.6. The van der Waals surface area contributed by atoms with Gasteiger partial charge >= 0.3 is 5.97 Å². The summed E-state index contributed by atoms with van der Waals surface area (Å²) in [6.45, 7) is 5.24. The van der Waals surface area contributed by atoms with Crippen molar-refractivity contribution in [1.82, 2.24) is 0 Å². The zero-order valence-electron chi connectivity index (χ0n) is 21.0. The fraction of sp³-hybridized carbons (Fsp3) is 0.963. The van der Waals surface area contributed by atoms with Crippen LogP contribution in [0.5, 0.6) is 0 Å². The Balaban J connectivity index is 3.32. The van der Waals surface area contributed by atoms with Crippen LogP contribution in [0.1, 0.15) is 142 Å². The Morgan fingerprint density at radius 3 is 1.52 bits per heavy atom. The summed E-state index contributed by atoms with van der Waals surface area (Å²) in [5.41, 5.74) is 0. The number of unbranched alkanes of at least 4 members (excludes halogenated alkanes) is 17. The van der Waals surface area contributed by atoms with Crippen LogP contribution in [0.25, 0.3) is 0 Å². The van der Waals surface area contributed by atoms with Gasteiger partial charge in [0, 0.05) is 13.0 Å². The topological polar surface area (TPSA) is 55.8 Å². The molecule has 0 aromatic rings. The quantitative estimate of drug-likeness (QED) is 0.116. The minimum absolute atomic E-state index is 0.167. The molecule has 0 amide bonds. The maximum absolute atomic E-state index is 11.8. The van der Waals surface area contributed by atoms with Crippen LogP contribution in [0, 0.1) is 0 Å². The van der Waals surface area contributed by atoms with E-state index in [0.717, 1.165) is 32.1 Å². The smallest absolute Gasteiger partial charge is 0.306 e. The van der Waals surface area contributed by atoms with E-state index >= 15 is 0 Å². The lowest BCUT2D eigenvalue weighted by Crippen LogP contribution is -2.27. The van der Waals surface area contributed by atoms with Crippen molar-refractivity contribution in [2.45, 2.75) is 148 Å². The first-order chi connectivity index (χ1) is 15.2.